The van der Waals surface area contributed by atoms with Gasteiger partial charge in [0.15, 0.2) is 0 Å². The Morgan fingerprint density at radius 1 is 1.11 bits per heavy atom. The number of hydrogen-bond donors (Lipinski definition) is 2. The highest BCUT2D eigenvalue weighted by Crippen LogP contribution is 2.39. The van der Waals surface area contributed by atoms with E-state index in [1.807, 2.05) is 0 Å². The number of methoxy groups -OCH3 is 1. The lowest BCUT2D eigenvalue weighted by Crippen LogP contribution is -2.32. The SMILES string of the molecule is COCCN1C(=O)C(=O)/C(=C(\O)c2ccc(F)cc2)C1c1ccc(O)cc1. The molecule has 1 heterocycles. The Kier molecular flexibility index (Phi) is 5.23. The van der Waals surface area contributed by atoms with Crippen molar-refractivity contribution >= 4 is 17.4 Å². The van der Waals surface area contributed by atoms with Crippen molar-refractivity contribution in [2.24, 2.45) is 0 Å². The highest BCUT2D eigenvalue weighted by molar-refractivity contribution is 6.46. The van der Waals surface area contributed by atoms with E-state index < -0.39 is 23.5 Å². The maximum atomic E-state index is 13.2. The molecular weight excluding hydrogens is 353 g/mol. The Hall–Kier alpha value is -3.19. The number of aliphatic hydroxyl groups is 1. The van der Waals surface area contributed by atoms with Crippen molar-refractivity contribution in [3.63, 3.8) is 0 Å². The third kappa shape index (κ3) is 3.54. The molecule has 2 aromatic carbocycles. The van der Waals surface area contributed by atoms with Crippen molar-refractivity contribution in [1.82, 2.24) is 4.90 Å². The molecule has 2 aromatic rings. The zero-order valence-corrected chi connectivity index (χ0v) is 14.6. The molecule has 1 saturated heterocycles. The number of aromatic hydroxyl groups is 1. The van der Waals surface area contributed by atoms with Crippen LogP contribution in [-0.2, 0) is 14.3 Å². The maximum Gasteiger partial charge on any atom is 0.295 e. The number of amides is 1. The summed E-state index contributed by atoms with van der Waals surface area (Å²) in [5.41, 5.74) is 0.685. The van der Waals surface area contributed by atoms with Crippen LogP contribution in [0.25, 0.3) is 5.76 Å². The predicted molar refractivity (Wildman–Crippen MR) is 95.4 cm³/mol. The summed E-state index contributed by atoms with van der Waals surface area (Å²) < 4.78 is 18.2. The van der Waals surface area contributed by atoms with Gasteiger partial charge in [-0.25, -0.2) is 4.39 Å². The molecule has 3 rings (SSSR count). The van der Waals surface area contributed by atoms with Crippen molar-refractivity contribution in [1.29, 1.82) is 0 Å². The van der Waals surface area contributed by atoms with E-state index in [-0.39, 0.29) is 35.8 Å². The van der Waals surface area contributed by atoms with Gasteiger partial charge in [-0.15, -0.1) is 0 Å². The fourth-order valence-electron chi connectivity index (χ4n) is 3.07. The fourth-order valence-corrected chi connectivity index (χ4v) is 3.07. The molecule has 1 aliphatic rings. The monoisotopic (exact) mass is 371 g/mol. The zero-order chi connectivity index (χ0) is 19.6. The lowest BCUT2D eigenvalue weighted by molar-refractivity contribution is -0.140. The Morgan fingerprint density at radius 3 is 2.33 bits per heavy atom. The van der Waals surface area contributed by atoms with Crippen LogP contribution in [0, 0.1) is 5.82 Å². The number of rotatable bonds is 5. The van der Waals surface area contributed by atoms with E-state index in [1.165, 1.54) is 36.3 Å². The molecule has 6 nitrogen and oxygen atoms in total. The molecule has 0 saturated carbocycles. The smallest absolute Gasteiger partial charge is 0.295 e. The van der Waals surface area contributed by atoms with E-state index in [0.717, 1.165) is 12.1 Å². The summed E-state index contributed by atoms with van der Waals surface area (Å²) in [5, 5.41) is 20.2. The standard InChI is InChI=1S/C20H18FNO5/c1-27-11-10-22-17(12-4-8-15(23)9-5-12)16(19(25)20(22)26)18(24)13-2-6-14(21)7-3-13/h2-9,17,23-24H,10-11H2,1H3/b18-16-. The number of phenolic OH excluding ortho intramolecular Hbond substituents is 1. The number of phenols is 1. The normalized spacial score (nSPS) is 18.9. The highest BCUT2D eigenvalue weighted by atomic mass is 19.1. The lowest BCUT2D eigenvalue weighted by atomic mass is 9.95. The Bertz CT molecular complexity index is 890. The first-order valence-corrected chi connectivity index (χ1v) is 8.26. The van der Waals surface area contributed by atoms with Gasteiger partial charge in [0.2, 0.25) is 0 Å². The van der Waals surface area contributed by atoms with Gasteiger partial charge >= 0.3 is 0 Å². The van der Waals surface area contributed by atoms with E-state index in [2.05, 4.69) is 0 Å². The Morgan fingerprint density at radius 2 is 1.74 bits per heavy atom. The number of nitrogens with zero attached hydrogens (tertiary/aromatic N) is 1. The van der Waals surface area contributed by atoms with Gasteiger partial charge in [-0.2, -0.15) is 0 Å². The van der Waals surface area contributed by atoms with Crippen LogP contribution in [0.3, 0.4) is 0 Å². The molecule has 1 amide bonds. The van der Waals surface area contributed by atoms with E-state index in [1.54, 1.807) is 12.1 Å². The number of halogens is 1. The number of ketones is 1. The average molecular weight is 371 g/mol. The molecule has 0 bridgehead atoms. The van der Waals surface area contributed by atoms with E-state index in [9.17, 15) is 24.2 Å². The van der Waals surface area contributed by atoms with Crippen molar-refractivity contribution in [3.05, 3.63) is 71.0 Å². The van der Waals surface area contributed by atoms with Crippen molar-refractivity contribution in [3.8, 4) is 5.75 Å². The van der Waals surface area contributed by atoms with Gasteiger partial charge in [-0.05, 0) is 42.0 Å². The van der Waals surface area contributed by atoms with Gasteiger partial charge in [0.25, 0.3) is 11.7 Å². The van der Waals surface area contributed by atoms with Crippen LogP contribution in [0.2, 0.25) is 0 Å². The number of aliphatic hydroxyl groups excluding tert-OH is 1. The van der Waals surface area contributed by atoms with E-state index in [0.29, 0.717) is 5.56 Å². The topological polar surface area (TPSA) is 87.1 Å². The average Bonchev–Trinajstić information content (AvgIpc) is 2.91. The first-order valence-electron chi connectivity index (χ1n) is 8.26. The minimum Gasteiger partial charge on any atom is -0.508 e. The highest BCUT2D eigenvalue weighted by Gasteiger charge is 2.45. The van der Waals surface area contributed by atoms with Crippen LogP contribution in [0.1, 0.15) is 17.2 Å². The second-order valence-electron chi connectivity index (χ2n) is 6.08. The summed E-state index contributed by atoms with van der Waals surface area (Å²) in [6, 6.07) is 10.2. The zero-order valence-electron chi connectivity index (χ0n) is 14.6. The number of hydrogen-bond acceptors (Lipinski definition) is 5. The molecule has 0 radical (unpaired) electrons. The van der Waals surface area contributed by atoms with Crippen LogP contribution in [-0.4, -0.2) is 47.1 Å². The molecule has 1 aliphatic heterocycles. The first kappa shape index (κ1) is 18.6. The van der Waals surface area contributed by atoms with Crippen molar-refractivity contribution in [2.45, 2.75) is 6.04 Å². The quantitative estimate of drug-likeness (QED) is 0.479. The number of likely N-dealkylation sites (tertiary alicyclic amines) is 1. The minimum atomic E-state index is -0.842. The van der Waals surface area contributed by atoms with E-state index in [4.69, 9.17) is 4.74 Å². The summed E-state index contributed by atoms with van der Waals surface area (Å²) in [6.07, 6.45) is 0. The number of benzene rings is 2. The van der Waals surface area contributed by atoms with Crippen molar-refractivity contribution in [2.75, 3.05) is 20.3 Å². The van der Waals surface area contributed by atoms with Gasteiger partial charge in [-0.3, -0.25) is 9.59 Å². The third-order valence-electron chi connectivity index (χ3n) is 4.40. The first-order chi connectivity index (χ1) is 12.9. The summed E-state index contributed by atoms with van der Waals surface area (Å²) in [5.74, 6) is -2.42. The van der Waals surface area contributed by atoms with Crippen LogP contribution >= 0.6 is 0 Å². The molecule has 0 aliphatic carbocycles. The van der Waals surface area contributed by atoms with E-state index >= 15 is 0 Å². The third-order valence-corrected chi connectivity index (χ3v) is 4.40. The molecule has 140 valence electrons. The minimum absolute atomic E-state index is 0.0335. The molecule has 1 unspecified atom stereocenters. The molecular formula is C20H18FNO5. The second-order valence-corrected chi connectivity index (χ2v) is 6.08. The fraction of sp³-hybridized carbons (Fsp3) is 0.200. The predicted octanol–water partition coefficient (Wildman–Crippen LogP) is 2.60. The number of carbonyl (C=O) groups is 2. The van der Waals surface area contributed by atoms with Gasteiger partial charge < -0.3 is 19.8 Å². The Labute approximate surface area is 155 Å². The molecule has 2 N–H and O–H groups in total. The van der Waals surface area contributed by atoms with Crippen molar-refractivity contribution < 1.29 is 28.9 Å². The van der Waals surface area contributed by atoms with Gasteiger partial charge in [0, 0.05) is 19.2 Å². The van der Waals surface area contributed by atoms with Gasteiger partial charge in [0.05, 0.1) is 18.2 Å². The van der Waals surface area contributed by atoms with Crippen LogP contribution < -0.4 is 0 Å². The Balaban J connectivity index is 2.14. The van der Waals surface area contributed by atoms with Crippen LogP contribution in [0.15, 0.2) is 54.1 Å². The number of ether oxygens (including phenoxy) is 1. The second kappa shape index (κ2) is 7.59. The summed E-state index contributed by atoms with van der Waals surface area (Å²) in [6.45, 7) is 0.352. The summed E-state index contributed by atoms with van der Waals surface area (Å²) in [7, 11) is 1.48. The molecule has 1 atom stereocenters. The molecule has 0 aromatic heterocycles. The molecule has 7 heteroatoms. The number of carbonyl (C=O) groups excluding carboxylic acids is 2. The van der Waals surface area contributed by atoms with Crippen LogP contribution in [0.4, 0.5) is 4.39 Å². The summed E-state index contributed by atoms with van der Waals surface area (Å²) in [4.78, 5) is 26.5. The summed E-state index contributed by atoms with van der Waals surface area (Å²) >= 11 is 0. The molecule has 1 fully saturated rings. The maximum absolute atomic E-state index is 13.2. The van der Waals surface area contributed by atoms with Crippen LogP contribution in [0.5, 0.6) is 5.75 Å². The largest absolute Gasteiger partial charge is 0.508 e. The lowest BCUT2D eigenvalue weighted by Gasteiger charge is -2.25. The van der Waals surface area contributed by atoms with Gasteiger partial charge in [-0.1, -0.05) is 12.1 Å². The molecule has 27 heavy (non-hydrogen) atoms. The number of Topliss-reactive ketones (excluding diaryl/α,β-unsaturated/α-hetero) is 1. The van der Waals surface area contributed by atoms with Gasteiger partial charge in [0.1, 0.15) is 17.3 Å². The molecule has 0 spiro atoms.